The zero-order valence-corrected chi connectivity index (χ0v) is 18.1. The normalized spacial score (nSPS) is 10.8. The molecule has 0 atom stereocenters. The number of halogens is 1. The third kappa shape index (κ3) is 8.28. The van der Waals surface area contributed by atoms with E-state index in [0.717, 1.165) is 12.2 Å². The predicted molar refractivity (Wildman–Crippen MR) is 112 cm³/mol. The van der Waals surface area contributed by atoms with Gasteiger partial charge in [-0.05, 0) is 18.1 Å². The molecule has 0 saturated carbocycles. The van der Waals surface area contributed by atoms with Crippen LogP contribution in [-0.4, -0.2) is 58.2 Å². The van der Waals surface area contributed by atoms with Gasteiger partial charge in [0.2, 0.25) is 5.91 Å². The molecule has 25 heavy (non-hydrogen) atoms. The second kappa shape index (κ2) is 11.8. The van der Waals surface area contributed by atoms with E-state index >= 15 is 0 Å². The highest BCUT2D eigenvalue weighted by atomic mass is 127. The van der Waals surface area contributed by atoms with Crippen molar-refractivity contribution in [3.63, 3.8) is 0 Å². The van der Waals surface area contributed by atoms with Crippen LogP contribution in [0.1, 0.15) is 13.8 Å². The van der Waals surface area contributed by atoms with Gasteiger partial charge in [-0.3, -0.25) is 4.79 Å². The molecule has 0 aliphatic rings. The summed E-state index contributed by atoms with van der Waals surface area (Å²) in [5, 5.41) is 6.41. The van der Waals surface area contributed by atoms with Gasteiger partial charge in [0, 0.05) is 32.4 Å². The fourth-order valence-corrected chi connectivity index (χ4v) is 1.78. The Morgan fingerprint density at radius 3 is 2.36 bits per heavy atom. The maximum atomic E-state index is 11.7. The SMILES string of the molecule is COc1ccc(NC(=NCC(=O)N(C)C)NCC(C)C)cc1OC.I. The summed E-state index contributed by atoms with van der Waals surface area (Å²) in [5.74, 6) is 2.21. The molecule has 0 spiro atoms. The van der Waals surface area contributed by atoms with Crippen LogP contribution in [0, 0.1) is 5.92 Å². The molecule has 0 saturated heterocycles. The van der Waals surface area contributed by atoms with Crippen LogP contribution in [0.3, 0.4) is 0 Å². The van der Waals surface area contributed by atoms with Crippen molar-refractivity contribution < 1.29 is 14.3 Å². The molecule has 0 bridgehead atoms. The minimum Gasteiger partial charge on any atom is -0.493 e. The standard InChI is InChI=1S/C17H28N4O3.HI/c1-12(2)10-18-17(19-11-16(22)21(3)4)20-13-7-8-14(23-5)15(9-13)24-6;/h7-9,12H,10-11H2,1-6H3,(H2,18,19,20);1H. The van der Waals surface area contributed by atoms with E-state index in [-0.39, 0.29) is 36.4 Å². The number of hydrogen-bond donors (Lipinski definition) is 2. The van der Waals surface area contributed by atoms with Crippen LogP contribution in [-0.2, 0) is 4.79 Å². The van der Waals surface area contributed by atoms with Gasteiger partial charge in [0.1, 0.15) is 6.54 Å². The lowest BCUT2D eigenvalue weighted by molar-refractivity contribution is -0.127. The Labute approximate surface area is 167 Å². The van der Waals surface area contributed by atoms with Crippen LogP contribution >= 0.6 is 24.0 Å². The van der Waals surface area contributed by atoms with Gasteiger partial charge in [0.05, 0.1) is 14.2 Å². The van der Waals surface area contributed by atoms with E-state index in [2.05, 4.69) is 29.5 Å². The van der Waals surface area contributed by atoms with Crippen molar-refractivity contribution in [2.24, 2.45) is 10.9 Å². The van der Waals surface area contributed by atoms with Crippen molar-refractivity contribution >= 4 is 41.5 Å². The number of carbonyl (C=O) groups is 1. The number of methoxy groups -OCH3 is 2. The molecule has 0 radical (unpaired) electrons. The van der Waals surface area contributed by atoms with E-state index in [1.54, 1.807) is 28.3 Å². The Hall–Kier alpha value is -1.71. The molecule has 2 N–H and O–H groups in total. The highest BCUT2D eigenvalue weighted by Gasteiger charge is 2.08. The molecule has 1 amide bonds. The third-order valence-corrected chi connectivity index (χ3v) is 3.20. The third-order valence-electron chi connectivity index (χ3n) is 3.20. The Balaban J connectivity index is 0.00000576. The van der Waals surface area contributed by atoms with Gasteiger partial charge in [-0.25, -0.2) is 4.99 Å². The number of nitrogens with one attached hydrogen (secondary N) is 2. The molecule has 142 valence electrons. The van der Waals surface area contributed by atoms with E-state index in [1.807, 2.05) is 18.2 Å². The van der Waals surface area contributed by atoms with Gasteiger partial charge >= 0.3 is 0 Å². The predicted octanol–water partition coefficient (Wildman–Crippen LogP) is 2.42. The topological polar surface area (TPSA) is 75.2 Å². The first-order chi connectivity index (χ1) is 11.4. The monoisotopic (exact) mass is 464 g/mol. The number of guanidine groups is 1. The van der Waals surface area contributed by atoms with E-state index in [0.29, 0.717) is 23.4 Å². The lowest BCUT2D eigenvalue weighted by atomic mass is 10.2. The highest BCUT2D eigenvalue weighted by molar-refractivity contribution is 14.0. The van der Waals surface area contributed by atoms with Crippen molar-refractivity contribution in [2.75, 3.05) is 46.7 Å². The van der Waals surface area contributed by atoms with Crippen LogP contribution in [0.15, 0.2) is 23.2 Å². The highest BCUT2D eigenvalue weighted by Crippen LogP contribution is 2.29. The summed E-state index contributed by atoms with van der Waals surface area (Å²) in [5.41, 5.74) is 0.792. The summed E-state index contributed by atoms with van der Waals surface area (Å²) >= 11 is 0. The number of aliphatic imine (C=N–C) groups is 1. The summed E-state index contributed by atoms with van der Waals surface area (Å²) in [6.45, 7) is 5.03. The number of benzene rings is 1. The molecule has 8 heteroatoms. The van der Waals surface area contributed by atoms with Crippen molar-refractivity contribution in [3.8, 4) is 11.5 Å². The van der Waals surface area contributed by atoms with Gasteiger partial charge in [-0.2, -0.15) is 0 Å². The van der Waals surface area contributed by atoms with Crippen molar-refractivity contribution in [1.29, 1.82) is 0 Å². The Bertz CT molecular complexity index is 577. The summed E-state index contributed by atoms with van der Waals surface area (Å²) < 4.78 is 10.5. The molecule has 7 nitrogen and oxygen atoms in total. The number of likely N-dealkylation sites (N-methyl/N-ethyl adjacent to an activating group) is 1. The van der Waals surface area contributed by atoms with E-state index < -0.39 is 0 Å². The quantitative estimate of drug-likeness (QED) is 0.369. The second-order valence-electron chi connectivity index (χ2n) is 5.92. The zero-order valence-electron chi connectivity index (χ0n) is 15.8. The summed E-state index contributed by atoms with van der Waals surface area (Å²) in [6, 6.07) is 5.49. The Morgan fingerprint density at radius 1 is 1.20 bits per heavy atom. The first kappa shape index (κ1) is 23.3. The summed E-state index contributed by atoms with van der Waals surface area (Å²) in [6.07, 6.45) is 0. The minimum atomic E-state index is -0.0621. The van der Waals surface area contributed by atoms with Gasteiger partial charge in [0.15, 0.2) is 17.5 Å². The molecule has 0 aliphatic heterocycles. The molecular formula is C17H29IN4O3. The molecule has 0 fully saturated rings. The van der Waals surface area contributed by atoms with Gasteiger partial charge in [-0.1, -0.05) is 13.8 Å². The fourth-order valence-electron chi connectivity index (χ4n) is 1.78. The summed E-state index contributed by atoms with van der Waals surface area (Å²) in [7, 11) is 6.60. The van der Waals surface area contributed by atoms with Crippen molar-refractivity contribution in [2.45, 2.75) is 13.8 Å². The zero-order chi connectivity index (χ0) is 18.1. The molecule has 0 unspecified atom stereocenters. The van der Waals surface area contributed by atoms with Crippen LogP contribution < -0.4 is 20.1 Å². The second-order valence-corrected chi connectivity index (χ2v) is 5.92. The number of hydrogen-bond acceptors (Lipinski definition) is 4. The first-order valence-electron chi connectivity index (χ1n) is 7.84. The maximum Gasteiger partial charge on any atom is 0.243 e. The summed E-state index contributed by atoms with van der Waals surface area (Å²) in [4.78, 5) is 17.6. The molecular weight excluding hydrogens is 435 g/mol. The fraction of sp³-hybridized carbons (Fsp3) is 0.529. The number of nitrogens with zero attached hydrogens (tertiary/aromatic N) is 2. The minimum absolute atomic E-state index is 0. The molecule has 0 aromatic heterocycles. The number of amides is 1. The number of rotatable bonds is 7. The van der Waals surface area contributed by atoms with Crippen molar-refractivity contribution in [1.82, 2.24) is 10.2 Å². The maximum absolute atomic E-state index is 11.7. The smallest absolute Gasteiger partial charge is 0.243 e. The molecule has 1 aromatic carbocycles. The van der Waals surface area contributed by atoms with Gasteiger partial charge in [0.25, 0.3) is 0 Å². The Morgan fingerprint density at radius 2 is 1.84 bits per heavy atom. The lowest BCUT2D eigenvalue weighted by Gasteiger charge is -2.16. The van der Waals surface area contributed by atoms with Crippen molar-refractivity contribution in [3.05, 3.63) is 18.2 Å². The number of carbonyl (C=O) groups excluding carboxylic acids is 1. The molecule has 0 aliphatic carbocycles. The van der Waals surface area contributed by atoms with Gasteiger partial charge in [-0.15, -0.1) is 24.0 Å². The number of anilines is 1. The van der Waals surface area contributed by atoms with Gasteiger partial charge < -0.3 is 25.0 Å². The van der Waals surface area contributed by atoms with Crippen LogP contribution in [0.25, 0.3) is 0 Å². The van der Waals surface area contributed by atoms with E-state index in [9.17, 15) is 4.79 Å². The van der Waals surface area contributed by atoms with Crippen LogP contribution in [0.5, 0.6) is 11.5 Å². The average Bonchev–Trinajstić information content (AvgIpc) is 2.56. The molecule has 1 aromatic rings. The lowest BCUT2D eigenvalue weighted by Crippen LogP contribution is -2.35. The molecule has 0 heterocycles. The van der Waals surface area contributed by atoms with E-state index in [4.69, 9.17) is 9.47 Å². The van der Waals surface area contributed by atoms with E-state index in [1.165, 1.54) is 4.90 Å². The number of ether oxygens (including phenoxy) is 2. The molecule has 1 rings (SSSR count). The first-order valence-corrected chi connectivity index (χ1v) is 7.84. The average molecular weight is 464 g/mol. The largest absolute Gasteiger partial charge is 0.493 e. The van der Waals surface area contributed by atoms with Crippen LogP contribution in [0.4, 0.5) is 5.69 Å². The Kier molecular flexibility index (Phi) is 11.0. The van der Waals surface area contributed by atoms with Crippen LogP contribution in [0.2, 0.25) is 0 Å².